The van der Waals surface area contributed by atoms with Crippen LogP contribution in [0.1, 0.15) is 92.1 Å². The number of nitrogens with two attached hydrogens (primary N) is 1. The third-order valence-corrected chi connectivity index (χ3v) is 5.90. The van der Waals surface area contributed by atoms with Gasteiger partial charge in [0.1, 0.15) is 24.4 Å². The van der Waals surface area contributed by atoms with Crippen LogP contribution >= 0.6 is 0 Å². The van der Waals surface area contributed by atoms with Gasteiger partial charge in [-0.1, -0.05) is 46.6 Å². The van der Waals surface area contributed by atoms with Crippen LogP contribution in [0.5, 0.6) is 11.5 Å². The summed E-state index contributed by atoms with van der Waals surface area (Å²) in [5, 5.41) is 9.67. The van der Waals surface area contributed by atoms with Crippen LogP contribution in [0.3, 0.4) is 0 Å². The summed E-state index contributed by atoms with van der Waals surface area (Å²) < 4.78 is 31.5. The number of carbonyl (C=O) groups excluding carboxylic acids is 3. The van der Waals surface area contributed by atoms with Gasteiger partial charge in [-0.05, 0) is 63.6 Å². The molecule has 0 aliphatic carbocycles. The molecular formula is C29H45NO11. The molecule has 0 aliphatic rings. The predicted molar refractivity (Wildman–Crippen MR) is 149 cm³/mol. The highest BCUT2D eigenvalue weighted by Gasteiger charge is 2.31. The lowest BCUT2D eigenvalue weighted by atomic mass is 9.87. The monoisotopic (exact) mass is 583 g/mol. The van der Waals surface area contributed by atoms with Gasteiger partial charge in [-0.25, -0.2) is 14.4 Å². The fourth-order valence-electron chi connectivity index (χ4n) is 3.91. The van der Waals surface area contributed by atoms with Gasteiger partial charge in [0.05, 0.1) is 6.61 Å². The number of carboxylic acids is 1. The Bertz CT molecular complexity index is 997. The average molecular weight is 584 g/mol. The van der Waals surface area contributed by atoms with E-state index < -0.39 is 54.7 Å². The van der Waals surface area contributed by atoms with E-state index in [2.05, 4.69) is 0 Å². The normalized spacial score (nSPS) is 14.7. The number of aliphatic carboxylic acids is 1. The Hall–Kier alpha value is -3.54. The van der Waals surface area contributed by atoms with Crippen molar-refractivity contribution >= 4 is 24.4 Å². The minimum absolute atomic E-state index is 0.00154. The van der Waals surface area contributed by atoms with E-state index in [1.165, 1.54) is 18.2 Å². The third-order valence-electron chi connectivity index (χ3n) is 5.90. The zero-order valence-electron chi connectivity index (χ0n) is 25.0. The summed E-state index contributed by atoms with van der Waals surface area (Å²) in [5.74, 6) is -2.44. The first-order valence-electron chi connectivity index (χ1n) is 14.0. The predicted octanol–water partition coefficient (Wildman–Crippen LogP) is 6.18. The van der Waals surface area contributed by atoms with Crippen molar-refractivity contribution < 1.29 is 52.7 Å². The second-order valence-electron chi connectivity index (χ2n) is 10.4. The number of carbonyl (C=O) groups is 4. The highest BCUT2D eigenvalue weighted by molar-refractivity contribution is 5.75. The van der Waals surface area contributed by atoms with E-state index in [4.69, 9.17) is 34.2 Å². The van der Waals surface area contributed by atoms with E-state index in [0.29, 0.717) is 18.4 Å². The van der Waals surface area contributed by atoms with Gasteiger partial charge >= 0.3 is 24.4 Å². The molecule has 0 saturated carbocycles. The molecule has 12 heteroatoms. The molecule has 232 valence electrons. The minimum Gasteiger partial charge on any atom is -0.480 e. The summed E-state index contributed by atoms with van der Waals surface area (Å²) in [7, 11) is 0. The molecule has 1 aromatic rings. The van der Waals surface area contributed by atoms with Crippen molar-refractivity contribution in [3.8, 4) is 11.5 Å². The molecule has 0 saturated heterocycles. The first kappa shape index (κ1) is 35.5. The van der Waals surface area contributed by atoms with Gasteiger partial charge in [-0.2, -0.15) is 0 Å². The first-order chi connectivity index (χ1) is 19.3. The minimum atomic E-state index is -1.41. The van der Waals surface area contributed by atoms with E-state index in [9.17, 15) is 24.3 Å². The molecule has 3 N–H and O–H groups in total. The second kappa shape index (κ2) is 18.0. The molecule has 0 bridgehead atoms. The summed E-state index contributed by atoms with van der Waals surface area (Å²) in [6, 6.07) is 2.74. The average Bonchev–Trinajstić information content (AvgIpc) is 2.86. The molecule has 0 amide bonds. The molecular weight excluding hydrogens is 538 g/mol. The van der Waals surface area contributed by atoms with Crippen LogP contribution in [0.15, 0.2) is 18.2 Å². The lowest BCUT2D eigenvalue weighted by Gasteiger charge is -2.25. The van der Waals surface area contributed by atoms with Crippen molar-refractivity contribution in [3.63, 3.8) is 0 Å². The molecule has 0 heterocycles. The summed E-state index contributed by atoms with van der Waals surface area (Å²) in [6.07, 6.45) is -1.74. The van der Waals surface area contributed by atoms with Crippen LogP contribution in [0.25, 0.3) is 0 Å². The maximum atomic E-state index is 12.5. The summed E-state index contributed by atoms with van der Waals surface area (Å²) in [5.41, 5.74) is 6.34. The number of carboxylic acid groups (broad SMARTS) is 1. The Morgan fingerprint density at radius 2 is 1.29 bits per heavy atom. The highest BCUT2D eigenvalue weighted by atomic mass is 16.8. The van der Waals surface area contributed by atoms with Gasteiger partial charge in [0, 0.05) is 5.92 Å². The van der Waals surface area contributed by atoms with Crippen molar-refractivity contribution in [1.29, 1.82) is 0 Å². The molecule has 1 rings (SSSR count). The van der Waals surface area contributed by atoms with Crippen LogP contribution in [0.4, 0.5) is 14.4 Å². The Morgan fingerprint density at radius 1 is 0.780 bits per heavy atom. The SMILES string of the molecule is CCCC(C)OC(=O)Oc1ccc(C(CC(C)OC(=O)OCC(C)C)[C@H](N)C(=O)O)cc1OC(=O)OC(C)CCC. The Balaban J connectivity index is 3.30. The van der Waals surface area contributed by atoms with Crippen molar-refractivity contribution in [2.24, 2.45) is 11.7 Å². The fourth-order valence-corrected chi connectivity index (χ4v) is 3.91. The van der Waals surface area contributed by atoms with E-state index in [-0.39, 0.29) is 30.4 Å². The van der Waals surface area contributed by atoms with Gasteiger partial charge < -0.3 is 39.3 Å². The maximum Gasteiger partial charge on any atom is 0.514 e. The number of ether oxygens (including phenoxy) is 6. The zero-order chi connectivity index (χ0) is 31.1. The summed E-state index contributed by atoms with van der Waals surface area (Å²) in [6.45, 7) is 12.8. The first-order valence-corrected chi connectivity index (χ1v) is 14.0. The molecule has 1 aromatic carbocycles. The van der Waals surface area contributed by atoms with Crippen molar-refractivity contribution in [2.75, 3.05) is 6.61 Å². The topological polar surface area (TPSA) is 170 Å². The lowest BCUT2D eigenvalue weighted by Crippen LogP contribution is -2.38. The lowest BCUT2D eigenvalue weighted by molar-refractivity contribution is -0.139. The highest BCUT2D eigenvalue weighted by Crippen LogP contribution is 2.35. The quantitative estimate of drug-likeness (QED) is 0.129. The Labute approximate surface area is 241 Å². The van der Waals surface area contributed by atoms with Gasteiger partial charge in [-0.3, -0.25) is 4.79 Å². The molecule has 0 fully saturated rings. The van der Waals surface area contributed by atoms with Gasteiger partial charge in [0.25, 0.3) is 0 Å². The van der Waals surface area contributed by atoms with Crippen LogP contribution in [0.2, 0.25) is 0 Å². The van der Waals surface area contributed by atoms with Crippen LogP contribution < -0.4 is 15.2 Å². The Morgan fingerprint density at radius 3 is 1.78 bits per heavy atom. The van der Waals surface area contributed by atoms with Gasteiger partial charge in [0.15, 0.2) is 11.5 Å². The van der Waals surface area contributed by atoms with Crippen LogP contribution in [-0.4, -0.2) is 60.5 Å². The smallest absolute Gasteiger partial charge is 0.480 e. The molecule has 5 atom stereocenters. The van der Waals surface area contributed by atoms with Crippen LogP contribution in [0, 0.1) is 5.92 Å². The maximum absolute atomic E-state index is 12.5. The molecule has 0 aliphatic heterocycles. The zero-order valence-corrected chi connectivity index (χ0v) is 25.0. The largest absolute Gasteiger partial charge is 0.514 e. The third kappa shape index (κ3) is 13.6. The molecule has 0 spiro atoms. The second-order valence-corrected chi connectivity index (χ2v) is 10.4. The van der Waals surface area contributed by atoms with Gasteiger partial charge in [0.2, 0.25) is 0 Å². The van der Waals surface area contributed by atoms with Crippen molar-refractivity contribution in [2.45, 2.75) is 111 Å². The molecule has 4 unspecified atom stereocenters. The molecule has 41 heavy (non-hydrogen) atoms. The summed E-state index contributed by atoms with van der Waals surface area (Å²) in [4.78, 5) is 48.8. The van der Waals surface area contributed by atoms with Gasteiger partial charge in [-0.15, -0.1) is 0 Å². The number of hydrogen-bond acceptors (Lipinski definition) is 11. The number of benzene rings is 1. The molecule has 0 aromatic heterocycles. The number of rotatable bonds is 16. The summed E-state index contributed by atoms with van der Waals surface area (Å²) >= 11 is 0. The Kier molecular flexibility index (Phi) is 15.6. The van der Waals surface area contributed by atoms with Crippen molar-refractivity contribution in [3.05, 3.63) is 23.8 Å². The standard InChI is InChI=1S/C29H45NO11/c1-8-10-18(5)37-28(34)40-23-13-12-21(15-24(23)41-29(35)38-19(6)11-9-2)22(25(30)26(31)32)14-20(7)39-27(33)36-16-17(3)4/h12-13,15,17-20,22,25H,8-11,14,16,30H2,1-7H3,(H,31,32)/t18?,19?,20?,22?,25-/m0/s1. The van der Waals surface area contributed by atoms with Crippen LogP contribution in [-0.2, 0) is 23.7 Å². The van der Waals surface area contributed by atoms with Crippen molar-refractivity contribution in [1.82, 2.24) is 0 Å². The molecule has 12 nitrogen and oxygen atoms in total. The fraction of sp³-hybridized carbons (Fsp3) is 0.655. The number of hydrogen-bond donors (Lipinski definition) is 2. The van der Waals surface area contributed by atoms with E-state index in [1.807, 2.05) is 27.7 Å². The van der Waals surface area contributed by atoms with E-state index >= 15 is 0 Å². The van der Waals surface area contributed by atoms with E-state index in [0.717, 1.165) is 12.8 Å². The molecule has 0 radical (unpaired) electrons. The van der Waals surface area contributed by atoms with E-state index in [1.54, 1.807) is 20.8 Å².